The lowest BCUT2D eigenvalue weighted by Gasteiger charge is -2.28. The second kappa shape index (κ2) is 8.11. The highest BCUT2D eigenvalue weighted by Gasteiger charge is 2.30. The molecule has 0 aromatic heterocycles. The zero-order valence-electron chi connectivity index (χ0n) is 14.8. The van der Waals surface area contributed by atoms with E-state index in [0.29, 0.717) is 5.92 Å². The molecular formula is C19H27F3O2S. The summed E-state index contributed by atoms with van der Waals surface area (Å²) in [6.45, 7) is 3.45. The van der Waals surface area contributed by atoms with E-state index in [1.807, 2.05) is 0 Å². The average molecular weight is 376 g/mol. The standard InChI is InChI=1S/C19H27F3O2S/c1-14(2)25(23,24)13-17-7-5-15(6-8-17)3-4-16-9-11-18(12-10-16)19(20,21)22/h9-12,14-15,17H,3-8,13H2,1-2H3. The summed E-state index contributed by atoms with van der Waals surface area (Å²) in [4.78, 5) is 0. The van der Waals surface area contributed by atoms with Crippen LogP contribution in [0.25, 0.3) is 0 Å². The Bertz CT molecular complexity index is 640. The number of benzene rings is 1. The SMILES string of the molecule is CC(C)S(=O)(=O)CC1CCC(CCc2ccc(C(F)(F)F)cc2)CC1. The summed E-state index contributed by atoms with van der Waals surface area (Å²) in [5, 5.41) is -0.315. The summed E-state index contributed by atoms with van der Waals surface area (Å²) in [5.74, 6) is 1.09. The summed E-state index contributed by atoms with van der Waals surface area (Å²) < 4.78 is 61.7. The Morgan fingerprint density at radius 1 is 1.00 bits per heavy atom. The van der Waals surface area contributed by atoms with Gasteiger partial charge in [0, 0.05) is 0 Å². The molecule has 0 aliphatic heterocycles. The van der Waals surface area contributed by atoms with Gasteiger partial charge in [-0.05, 0) is 69.1 Å². The molecule has 0 N–H and O–H groups in total. The topological polar surface area (TPSA) is 34.1 Å². The van der Waals surface area contributed by atoms with E-state index in [1.54, 1.807) is 26.0 Å². The first kappa shape index (κ1) is 20.3. The van der Waals surface area contributed by atoms with E-state index in [4.69, 9.17) is 0 Å². The lowest BCUT2D eigenvalue weighted by atomic mass is 9.80. The molecule has 1 aromatic carbocycles. The lowest BCUT2D eigenvalue weighted by molar-refractivity contribution is -0.137. The molecule has 2 rings (SSSR count). The van der Waals surface area contributed by atoms with Crippen molar-refractivity contribution in [3.05, 3.63) is 35.4 Å². The first-order valence-electron chi connectivity index (χ1n) is 8.95. The minimum atomic E-state index is -4.28. The Kier molecular flexibility index (Phi) is 6.57. The number of rotatable bonds is 6. The largest absolute Gasteiger partial charge is 0.416 e. The van der Waals surface area contributed by atoms with Crippen molar-refractivity contribution in [1.29, 1.82) is 0 Å². The number of hydrogen-bond acceptors (Lipinski definition) is 2. The van der Waals surface area contributed by atoms with Crippen LogP contribution in [0.15, 0.2) is 24.3 Å². The number of halogens is 3. The van der Waals surface area contributed by atoms with Gasteiger partial charge in [0.15, 0.2) is 9.84 Å². The Balaban J connectivity index is 1.77. The van der Waals surface area contributed by atoms with Crippen molar-refractivity contribution in [3.8, 4) is 0 Å². The molecule has 1 saturated carbocycles. The normalized spacial score (nSPS) is 22.3. The van der Waals surface area contributed by atoms with E-state index < -0.39 is 21.6 Å². The molecule has 0 bridgehead atoms. The van der Waals surface area contributed by atoms with E-state index in [9.17, 15) is 21.6 Å². The molecule has 0 heterocycles. The molecule has 0 unspecified atom stereocenters. The third kappa shape index (κ3) is 6.01. The Labute approximate surface area is 148 Å². The molecule has 1 aromatic rings. The molecule has 1 fully saturated rings. The lowest BCUT2D eigenvalue weighted by Crippen LogP contribution is -2.26. The summed E-state index contributed by atoms with van der Waals surface area (Å²) >= 11 is 0. The van der Waals surface area contributed by atoms with Crippen LogP contribution < -0.4 is 0 Å². The quantitative estimate of drug-likeness (QED) is 0.678. The zero-order valence-corrected chi connectivity index (χ0v) is 15.7. The molecule has 0 spiro atoms. The minimum absolute atomic E-state index is 0.259. The average Bonchev–Trinajstić information content (AvgIpc) is 2.53. The molecule has 25 heavy (non-hydrogen) atoms. The predicted octanol–water partition coefficient (Wildman–Crippen LogP) is 5.27. The van der Waals surface area contributed by atoms with Gasteiger partial charge in [0.25, 0.3) is 0 Å². The molecule has 0 saturated heterocycles. The van der Waals surface area contributed by atoms with Crippen molar-refractivity contribution in [3.63, 3.8) is 0 Å². The van der Waals surface area contributed by atoms with Crippen LogP contribution in [0.2, 0.25) is 0 Å². The van der Waals surface area contributed by atoms with Gasteiger partial charge >= 0.3 is 6.18 Å². The van der Waals surface area contributed by atoms with Gasteiger partial charge in [-0.25, -0.2) is 8.42 Å². The third-order valence-electron chi connectivity index (χ3n) is 5.28. The van der Waals surface area contributed by atoms with Crippen molar-refractivity contribution in [2.24, 2.45) is 11.8 Å². The maximum Gasteiger partial charge on any atom is 0.416 e. The molecule has 142 valence electrons. The van der Waals surface area contributed by atoms with Crippen LogP contribution in [0.3, 0.4) is 0 Å². The molecule has 1 aliphatic carbocycles. The Morgan fingerprint density at radius 2 is 1.52 bits per heavy atom. The van der Waals surface area contributed by atoms with Gasteiger partial charge in [0.2, 0.25) is 0 Å². The zero-order chi connectivity index (χ0) is 18.7. The van der Waals surface area contributed by atoms with Crippen molar-refractivity contribution in [2.45, 2.75) is 63.8 Å². The van der Waals surface area contributed by atoms with Crippen LogP contribution in [0.1, 0.15) is 57.1 Å². The summed E-state index contributed by atoms with van der Waals surface area (Å²) in [5.41, 5.74) is 0.320. The van der Waals surface area contributed by atoms with Crippen LogP contribution >= 0.6 is 0 Å². The minimum Gasteiger partial charge on any atom is -0.229 e. The summed E-state index contributed by atoms with van der Waals surface area (Å²) in [7, 11) is -2.98. The molecule has 2 nitrogen and oxygen atoms in total. The molecule has 0 radical (unpaired) electrons. The number of alkyl halides is 3. The van der Waals surface area contributed by atoms with E-state index in [1.165, 1.54) is 0 Å². The van der Waals surface area contributed by atoms with Crippen LogP contribution in [0.4, 0.5) is 13.2 Å². The molecule has 0 amide bonds. The van der Waals surface area contributed by atoms with E-state index >= 15 is 0 Å². The van der Waals surface area contributed by atoms with Gasteiger partial charge in [-0.1, -0.05) is 25.0 Å². The van der Waals surface area contributed by atoms with Crippen LogP contribution in [0, 0.1) is 11.8 Å². The van der Waals surface area contributed by atoms with Crippen molar-refractivity contribution in [1.82, 2.24) is 0 Å². The fourth-order valence-electron chi connectivity index (χ4n) is 3.44. The highest BCUT2D eigenvalue weighted by Crippen LogP contribution is 2.33. The van der Waals surface area contributed by atoms with Gasteiger partial charge in [-0.15, -0.1) is 0 Å². The Morgan fingerprint density at radius 3 is 2.00 bits per heavy atom. The van der Waals surface area contributed by atoms with Crippen LogP contribution in [-0.4, -0.2) is 19.4 Å². The molecule has 6 heteroatoms. The predicted molar refractivity (Wildman–Crippen MR) is 94.1 cm³/mol. The van der Waals surface area contributed by atoms with Gasteiger partial charge in [-0.3, -0.25) is 0 Å². The maximum atomic E-state index is 12.6. The van der Waals surface area contributed by atoms with Gasteiger partial charge in [0.05, 0.1) is 16.6 Å². The first-order chi connectivity index (χ1) is 11.6. The number of aryl methyl sites for hydroxylation is 1. The van der Waals surface area contributed by atoms with Crippen LogP contribution in [-0.2, 0) is 22.4 Å². The molecule has 0 atom stereocenters. The highest BCUT2D eigenvalue weighted by atomic mass is 32.2. The summed E-state index contributed by atoms with van der Waals surface area (Å²) in [6, 6.07) is 5.40. The summed E-state index contributed by atoms with van der Waals surface area (Å²) in [6.07, 6.45) is 1.34. The second-order valence-electron chi connectivity index (χ2n) is 7.50. The van der Waals surface area contributed by atoms with E-state index in [0.717, 1.165) is 56.2 Å². The first-order valence-corrected chi connectivity index (χ1v) is 10.7. The highest BCUT2D eigenvalue weighted by molar-refractivity contribution is 7.91. The molecule has 1 aliphatic rings. The van der Waals surface area contributed by atoms with Gasteiger partial charge < -0.3 is 0 Å². The van der Waals surface area contributed by atoms with E-state index in [-0.39, 0.29) is 16.9 Å². The fourth-order valence-corrected chi connectivity index (χ4v) is 4.81. The van der Waals surface area contributed by atoms with Gasteiger partial charge in [-0.2, -0.15) is 13.2 Å². The van der Waals surface area contributed by atoms with Crippen molar-refractivity contribution < 1.29 is 21.6 Å². The molecular weight excluding hydrogens is 349 g/mol. The third-order valence-corrected chi connectivity index (χ3v) is 7.65. The van der Waals surface area contributed by atoms with E-state index in [2.05, 4.69) is 0 Å². The maximum absolute atomic E-state index is 12.6. The smallest absolute Gasteiger partial charge is 0.229 e. The monoisotopic (exact) mass is 376 g/mol. The number of hydrogen-bond donors (Lipinski definition) is 0. The van der Waals surface area contributed by atoms with Crippen LogP contribution in [0.5, 0.6) is 0 Å². The van der Waals surface area contributed by atoms with Crippen molar-refractivity contribution >= 4 is 9.84 Å². The number of sulfone groups is 1. The van der Waals surface area contributed by atoms with Gasteiger partial charge in [0.1, 0.15) is 0 Å². The Hall–Kier alpha value is -1.04. The fraction of sp³-hybridized carbons (Fsp3) is 0.684. The second-order valence-corrected chi connectivity index (χ2v) is 10.1. The van der Waals surface area contributed by atoms with Crippen molar-refractivity contribution in [2.75, 3.05) is 5.75 Å².